The fourth-order valence-corrected chi connectivity index (χ4v) is 2.67. The topological polar surface area (TPSA) is 103 Å². The predicted octanol–water partition coefficient (Wildman–Crippen LogP) is 3.69. The SMILES string of the molecule is CC(C)CC(NC(=O)OC1=CCCC=C1)C(=O)OCCNC(=O)Oc1ccccc1. The zero-order valence-electron chi connectivity index (χ0n) is 17.3. The molecule has 1 aliphatic carbocycles. The zero-order chi connectivity index (χ0) is 21.8. The molecule has 8 nitrogen and oxygen atoms in total. The molecular weight excluding hydrogens is 388 g/mol. The number of hydrogen-bond donors (Lipinski definition) is 2. The van der Waals surface area contributed by atoms with E-state index >= 15 is 0 Å². The molecule has 1 aliphatic rings. The van der Waals surface area contributed by atoms with Crippen LogP contribution in [0.4, 0.5) is 9.59 Å². The van der Waals surface area contributed by atoms with Gasteiger partial charge in [0.1, 0.15) is 24.2 Å². The minimum atomic E-state index is -0.845. The summed E-state index contributed by atoms with van der Waals surface area (Å²) in [7, 11) is 0. The van der Waals surface area contributed by atoms with Crippen molar-refractivity contribution in [3.63, 3.8) is 0 Å². The van der Waals surface area contributed by atoms with Gasteiger partial charge in [-0.1, -0.05) is 38.1 Å². The van der Waals surface area contributed by atoms with Crippen LogP contribution in [0.2, 0.25) is 0 Å². The third-order valence-corrected chi connectivity index (χ3v) is 4.02. The Kier molecular flexibility index (Phi) is 9.44. The molecule has 1 aromatic rings. The number of ether oxygens (including phenoxy) is 3. The number of rotatable bonds is 9. The first-order valence-electron chi connectivity index (χ1n) is 9.96. The highest BCUT2D eigenvalue weighted by molar-refractivity contribution is 5.81. The maximum Gasteiger partial charge on any atom is 0.413 e. The predicted molar refractivity (Wildman–Crippen MR) is 111 cm³/mol. The Bertz CT molecular complexity index is 773. The molecule has 0 aromatic heterocycles. The molecule has 1 atom stereocenters. The van der Waals surface area contributed by atoms with E-state index < -0.39 is 24.2 Å². The fourth-order valence-electron chi connectivity index (χ4n) is 2.67. The van der Waals surface area contributed by atoms with Crippen LogP contribution in [0.3, 0.4) is 0 Å². The standard InChI is InChI=1S/C22H28N2O6/c1-16(2)15-19(24-22(27)30-18-11-7-4-8-12-18)20(25)28-14-13-23-21(26)29-17-9-5-3-6-10-17/h3,5-7,9-12,16,19H,4,8,13-15H2,1-2H3,(H,23,26)(H,24,27). The van der Waals surface area contributed by atoms with E-state index in [-0.39, 0.29) is 19.1 Å². The number of hydrogen-bond acceptors (Lipinski definition) is 6. The fraction of sp³-hybridized carbons (Fsp3) is 0.409. The van der Waals surface area contributed by atoms with Crippen molar-refractivity contribution >= 4 is 18.2 Å². The summed E-state index contributed by atoms with van der Waals surface area (Å²) >= 11 is 0. The molecule has 1 aromatic carbocycles. The molecule has 0 fully saturated rings. The van der Waals surface area contributed by atoms with Gasteiger partial charge in [0.05, 0.1) is 6.54 Å². The van der Waals surface area contributed by atoms with Gasteiger partial charge in [-0.3, -0.25) is 0 Å². The van der Waals surface area contributed by atoms with Gasteiger partial charge in [-0.15, -0.1) is 0 Å². The zero-order valence-corrected chi connectivity index (χ0v) is 17.3. The van der Waals surface area contributed by atoms with E-state index in [0.717, 1.165) is 12.8 Å². The van der Waals surface area contributed by atoms with Gasteiger partial charge in [0.25, 0.3) is 0 Å². The molecule has 0 heterocycles. The minimum Gasteiger partial charge on any atom is -0.462 e. The first-order valence-corrected chi connectivity index (χ1v) is 9.96. The summed E-state index contributed by atoms with van der Waals surface area (Å²) < 4.78 is 15.5. The normalized spacial score (nSPS) is 13.8. The number of para-hydroxylation sites is 1. The molecule has 8 heteroatoms. The lowest BCUT2D eigenvalue weighted by Crippen LogP contribution is -2.43. The molecule has 0 spiro atoms. The second-order valence-electron chi connectivity index (χ2n) is 7.10. The van der Waals surface area contributed by atoms with Crippen LogP contribution < -0.4 is 15.4 Å². The van der Waals surface area contributed by atoms with Crippen LogP contribution in [0.25, 0.3) is 0 Å². The van der Waals surface area contributed by atoms with E-state index in [9.17, 15) is 14.4 Å². The van der Waals surface area contributed by atoms with Crippen LogP contribution in [0, 0.1) is 5.92 Å². The lowest BCUT2D eigenvalue weighted by molar-refractivity contribution is -0.146. The van der Waals surface area contributed by atoms with Crippen molar-refractivity contribution < 1.29 is 28.6 Å². The number of carbonyl (C=O) groups excluding carboxylic acids is 3. The van der Waals surface area contributed by atoms with Gasteiger partial charge in [-0.2, -0.15) is 0 Å². The Hall–Kier alpha value is -3.29. The molecule has 2 N–H and O–H groups in total. The maximum atomic E-state index is 12.4. The van der Waals surface area contributed by atoms with Crippen molar-refractivity contribution in [1.82, 2.24) is 10.6 Å². The molecule has 0 saturated carbocycles. The van der Waals surface area contributed by atoms with E-state index in [1.54, 1.807) is 30.3 Å². The molecule has 1 unspecified atom stereocenters. The third-order valence-electron chi connectivity index (χ3n) is 4.02. The highest BCUT2D eigenvalue weighted by Gasteiger charge is 2.24. The smallest absolute Gasteiger partial charge is 0.413 e. The summed E-state index contributed by atoms with van der Waals surface area (Å²) in [6.45, 7) is 3.89. The number of carbonyl (C=O) groups is 3. The molecule has 0 bridgehead atoms. The lowest BCUT2D eigenvalue weighted by Gasteiger charge is -2.19. The van der Waals surface area contributed by atoms with Crippen molar-refractivity contribution in [3.8, 4) is 5.75 Å². The number of esters is 1. The van der Waals surface area contributed by atoms with Crippen molar-refractivity contribution in [3.05, 3.63) is 54.3 Å². The van der Waals surface area contributed by atoms with E-state index in [1.807, 2.05) is 32.1 Å². The Morgan fingerprint density at radius 2 is 1.80 bits per heavy atom. The van der Waals surface area contributed by atoms with Crippen LogP contribution in [0.5, 0.6) is 5.75 Å². The van der Waals surface area contributed by atoms with E-state index in [2.05, 4.69) is 10.6 Å². The number of benzene rings is 1. The number of alkyl carbamates (subject to hydrolysis) is 1. The highest BCUT2D eigenvalue weighted by atomic mass is 16.6. The van der Waals surface area contributed by atoms with Gasteiger partial charge >= 0.3 is 18.2 Å². The van der Waals surface area contributed by atoms with Gasteiger partial charge in [0, 0.05) is 0 Å². The van der Waals surface area contributed by atoms with Crippen LogP contribution in [0.1, 0.15) is 33.1 Å². The molecule has 0 saturated heterocycles. The largest absolute Gasteiger partial charge is 0.462 e. The van der Waals surface area contributed by atoms with E-state index in [0.29, 0.717) is 17.9 Å². The summed E-state index contributed by atoms with van der Waals surface area (Å²) in [6, 6.07) is 7.77. The van der Waals surface area contributed by atoms with Crippen molar-refractivity contribution in [1.29, 1.82) is 0 Å². The second kappa shape index (κ2) is 12.3. The molecule has 2 rings (SSSR count). The monoisotopic (exact) mass is 416 g/mol. The summed E-state index contributed by atoms with van der Waals surface area (Å²) in [4.78, 5) is 36.2. The molecule has 30 heavy (non-hydrogen) atoms. The van der Waals surface area contributed by atoms with Crippen LogP contribution in [-0.2, 0) is 14.3 Å². The van der Waals surface area contributed by atoms with Crippen LogP contribution in [-0.4, -0.2) is 37.3 Å². The lowest BCUT2D eigenvalue weighted by atomic mass is 10.0. The number of allylic oxidation sites excluding steroid dienone is 3. The van der Waals surface area contributed by atoms with Crippen molar-refractivity contribution in [2.75, 3.05) is 13.2 Å². The van der Waals surface area contributed by atoms with Gasteiger partial charge in [0.2, 0.25) is 0 Å². The molecule has 162 valence electrons. The number of amides is 2. The average molecular weight is 416 g/mol. The van der Waals surface area contributed by atoms with Gasteiger partial charge in [-0.25, -0.2) is 14.4 Å². The molecular formula is C22H28N2O6. The summed E-state index contributed by atoms with van der Waals surface area (Å²) in [5.41, 5.74) is 0. The average Bonchev–Trinajstić information content (AvgIpc) is 2.71. The summed E-state index contributed by atoms with van der Waals surface area (Å²) in [5.74, 6) is 0.425. The van der Waals surface area contributed by atoms with E-state index in [4.69, 9.17) is 14.2 Å². The van der Waals surface area contributed by atoms with E-state index in [1.165, 1.54) is 0 Å². The Balaban J connectivity index is 1.74. The van der Waals surface area contributed by atoms with Crippen LogP contribution in [0.15, 0.2) is 54.3 Å². The first-order chi connectivity index (χ1) is 14.4. The van der Waals surface area contributed by atoms with Crippen molar-refractivity contribution in [2.45, 2.75) is 39.2 Å². The van der Waals surface area contributed by atoms with Crippen molar-refractivity contribution in [2.24, 2.45) is 5.92 Å². The Labute approximate surface area is 176 Å². The molecule has 0 aliphatic heterocycles. The summed E-state index contributed by atoms with van der Waals surface area (Å²) in [6.07, 6.45) is 6.20. The van der Waals surface area contributed by atoms with Gasteiger partial charge in [0.15, 0.2) is 0 Å². The number of nitrogens with one attached hydrogen (secondary N) is 2. The minimum absolute atomic E-state index is 0.0536. The van der Waals surface area contributed by atoms with Crippen LogP contribution >= 0.6 is 0 Å². The molecule has 2 amide bonds. The highest BCUT2D eigenvalue weighted by Crippen LogP contribution is 2.12. The maximum absolute atomic E-state index is 12.4. The third kappa shape index (κ3) is 8.81. The Morgan fingerprint density at radius 3 is 2.47 bits per heavy atom. The van der Waals surface area contributed by atoms with Gasteiger partial charge < -0.3 is 24.8 Å². The Morgan fingerprint density at radius 1 is 1.03 bits per heavy atom. The summed E-state index contributed by atoms with van der Waals surface area (Å²) in [5, 5.41) is 5.05. The second-order valence-corrected chi connectivity index (χ2v) is 7.10. The quantitative estimate of drug-likeness (QED) is 0.470. The van der Waals surface area contributed by atoms with Gasteiger partial charge in [-0.05, 0) is 49.5 Å². The first kappa shape index (κ1) is 23.0. The molecule has 0 radical (unpaired) electrons.